The number of carbonyl (C=O) groups excluding carboxylic acids is 1. The second-order valence-electron chi connectivity index (χ2n) is 7.55. The van der Waals surface area contributed by atoms with Crippen LogP contribution in [0.25, 0.3) is 22.2 Å². The molecule has 1 amide bonds. The van der Waals surface area contributed by atoms with E-state index in [2.05, 4.69) is 21.0 Å². The molecule has 8 nitrogen and oxygen atoms in total. The second-order valence-corrected chi connectivity index (χ2v) is 7.55. The quantitative estimate of drug-likeness (QED) is 0.664. The summed E-state index contributed by atoms with van der Waals surface area (Å²) >= 11 is 0. The molecule has 3 aromatic rings. The molecule has 3 heterocycles. The molecular weight excluding hydrogens is 370 g/mol. The average molecular weight is 395 g/mol. The maximum absolute atomic E-state index is 12.2. The minimum Gasteiger partial charge on any atom is -0.491 e. The Kier molecular flexibility index (Phi) is 5.10. The molecular formula is C21H25N5O3. The molecule has 0 bridgehead atoms. The van der Waals surface area contributed by atoms with Crippen molar-refractivity contribution in [1.29, 1.82) is 0 Å². The normalized spacial score (nSPS) is 14.5. The summed E-state index contributed by atoms with van der Waals surface area (Å²) in [6.45, 7) is 3.16. The van der Waals surface area contributed by atoms with Crippen LogP contribution < -0.4 is 15.2 Å². The highest BCUT2D eigenvalue weighted by molar-refractivity contribution is 6.10. The monoisotopic (exact) mass is 395 g/mol. The highest BCUT2D eigenvalue weighted by Gasteiger charge is 2.22. The molecule has 0 radical (unpaired) electrons. The fourth-order valence-electron chi connectivity index (χ4n) is 3.41. The van der Waals surface area contributed by atoms with Crippen LogP contribution in [0, 0.1) is 0 Å². The van der Waals surface area contributed by atoms with Gasteiger partial charge in [0.15, 0.2) is 0 Å². The number of amides is 1. The summed E-state index contributed by atoms with van der Waals surface area (Å²) in [5.41, 5.74) is 10.0. The molecule has 2 aromatic heterocycles. The Morgan fingerprint density at radius 3 is 2.97 bits per heavy atom. The maximum Gasteiger partial charge on any atom is 0.254 e. The van der Waals surface area contributed by atoms with Gasteiger partial charge in [-0.3, -0.25) is 4.79 Å². The first kappa shape index (κ1) is 19.2. The van der Waals surface area contributed by atoms with Crippen LogP contribution in [0.5, 0.6) is 11.6 Å². The highest BCUT2D eigenvalue weighted by Crippen LogP contribution is 2.37. The van der Waals surface area contributed by atoms with Crippen LogP contribution in [0.3, 0.4) is 0 Å². The van der Waals surface area contributed by atoms with Crippen molar-refractivity contribution < 1.29 is 14.3 Å². The summed E-state index contributed by atoms with van der Waals surface area (Å²) in [7, 11) is 3.96. The summed E-state index contributed by atoms with van der Waals surface area (Å²) in [6.07, 6.45) is 5.21. The third-order valence-corrected chi connectivity index (χ3v) is 5.34. The first-order chi connectivity index (χ1) is 14.0. The van der Waals surface area contributed by atoms with Crippen molar-refractivity contribution in [3.05, 3.63) is 35.8 Å². The topological polar surface area (TPSA) is 106 Å². The molecule has 4 rings (SSSR count). The fraction of sp³-hybridized carbons (Fsp3) is 0.381. The number of imidazole rings is 1. The lowest BCUT2D eigenvalue weighted by molar-refractivity contribution is 0.0996. The number of aromatic nitrogens is 3. The van der Waals surface area contributed by atoms with Crippen molar-refractivity contribution in [3.63, 3.8) is 0 Å². The SMILES string of the molecule is C[C@@H](COc1cc(-c2cnc3c(c2)CCCO3)c2nc[nH]c2c1C(N)=O)N(C)C. The molecule has 8 heteroatoms. The minimum atomic E-state index is -0.560. The number of rotatable bonds is 6. The van der Waals surface area contributed by atoms with Gasteiger partial charge < -0.3 is 25.1 Å². The Balaban J connectivity index is 1.83. The van der Waals surface area contributed by atoms with Gasteiger partial charge in [-0.05, 0) is 46.0 Å². The Bertz CT molecular complexity index is 1060. The number of aryl methyl sites for hydroxylation is 1. The maximum atomic E-state index is 12.2. The van der Waals surface area contributed by atoms with Crippen molar-refractivity contribution >= 4 is 16.9 Å². The molecule has 1 aliphatic rings. The predicted octanol–water partition coefficient (Wildman–Crippen LogP) is 2.38. The molecule has 3 N–H and O–H groups in total. The van der Waals surface area contributed by atoms with Gasteiger partial charge in [-0.15, -0.1) is 0 Å². The van der Waals surface area contributed by atoms with E-state index in [-0.39, 0.29) is 6.04 Å². The van der Waals surface area contributed by atoms with Crippen LogP contribution in [0.2, 0.25) is 0 Å². The molecule has 0 saturated carbocycles. The molecule has 0 spiro atoms. The highest BCUT2D eigenvalue weighted by atomic mass is 16.5. The number of nitrogens with two attached hydrogens (primary N) is 1. The van der Waals surface area contributed by atoms with E-state index in [1.807, 2.05) is 32.0 Å². The van der Waals surface area contributed by atoms with Gasteiger partial charge in [0, 0.05) is 28.9 Å². The number of H-pyrrole nitrogens is 1. The van der Waals surface area contributed by atoms with Gasteiger partial charge in [0.25, 0.3) is 5.91 Å². The third-order valence-electron chi connectivity index (χ3n) is 5.34. The number of nitrogens with zero attached hydrogens (tertiary/aromatic N) is 3. The number of primary amides is 1. The number of fused-ring (bicyclic) bond motifs is 2. The lowest BCUT2D eigenvalue weighted by Gasteiger charge is -2.21. The number of ether oxygens (including phenoxy) is 2. The number of likely N-dealkylation sites (N-methyl/N-ethyl adjacent to an activating group) is 1. The molecule has 1 aromatic carbocycles. The number of carbonyl (C=O) groups is 1. The van der Waals surface area contributed by atoms with E-state index >= 15 is 0 Å². The number of benzene rings is 1. The minimum absolute atomic E-state index is 0.166. The largest absolute Gasteiger partial charge is 0.491 e. The van der Waals surface area contributed by atoms with Crippen molar-refractivity contribution in [3.8, 4) is 22.8 Å². The Morgan fingerprint density at radius 1 is 1.38 bits per heavy atom. The lowest BCUT2D eigenvalue weighted by atomic mass is 9.99. The Morgan fingerprint density at radius 2 is 2.21 bits per heavy atom. The molecule has 1 atom stereocenters. The van der Waals surface area contributed by atoms with Gasteiger partial charge in [0.1, 0.15) is 17.9 Å². The summed E-state index contributed by atoms with van der Waals surface area (Å²) in [4.78, 5) is 26.2. The van der Waals surface area contributed by atoms with Crippen molar-refractivity contribution in [2.24, 2.45) is 5.73 Å². The summed E-state index contributed by atoms with van der Waals surface area (Å²) in [5.74, 6) is 0.561. The first-order valence-corrected chi connectivity index (χ1v) is 9.67. The van der Waals surface area contributed by atoms with Crippen LogP contribution in [0.15, 0.2) is 24.7 Å². The average Bonchev–Trinajstić information content (AvgIpc) is 3.19. The van der Waals surface area contributed by atoms with Crippen molar-refractivity contribution in [1.82, 2.24) is 19.9 Å². The van der Waals surface area contributed by atoms with E-state index in [4.69, 9.17) is 15.2 Å². The zero-order valence-corrected chi connectivity index (χ0v) is 16.9. The Labute approximate surface area is 169 Å². The Hall–Kier alpha value is -3.13. The van der Waals surface area contributed by atoms with Gasteiger partial charge in [0.05, 0.1) is 24.0 Å². The van der Waals surface area contributed by atoms with Crippen LogP contribution in [-0.2, 0) is 6.42 Å². The van der Waals surface area contributed by atoms with Crippen molar-refractivity contribution in [2.75, 3.05) is 27.3 Å². The number of hydrogen-bond donors (Lipinski definition) is 2. The lowest BCUT2D eigenvalue weighted by Crippen LogP contribution is -2.31. The molecule has 1 aliphatic heterocycles. The van der Waals surface area contributed by atoms with Gasteiger partial charge in [-0.2, -0.15) is 0 Å². The smallest absolute Gasteiger partial charge is 0.254 e. The van der Waals surface area contributed by atoms with E-state index in [0.29, 0.717) is 41.4 Å². The third kappa shape index (κ3) is 3.63. The standard InChI is InChI=1S/C21H25N5O3/c1-12(26(2)3)10-29-16-8-15(18-19(25-11-24-18)17(16)20(22)27)14-7-13-5-4-6-28-21(13)23-9-14/h7-9,11-12H,4-6,10H2,1-3H3,(H2,22,27)(H,24,25)/t12-/m0/s1. The first-order valence-electron chi connectivity index (χ1n) is 9.67. The molecule has 0 unspecified atom stereocenters. The molecule has 0 saturated heterocycles. The summed E-state index contributed by atoms with van der Waals surface area (Å²) in [5, 5.41) is 0. The van der Waals surface area contributed by atoms with Gasteiger partial charge in [0.2, 0.25) is 5.88 Å². The molecule has 152 valence electrons. The van der Waals surface area contributed by atoms with Crippen LogP contribution in [-0.4, -0.2) is 59.1 Å². The molecule has 0 aliphatic carbocycles. The van der Waals surface area contributed by atoms with Crippen molar-refractivity contribution in [2.45, 2.75) is 25.8 Å². The fourth-order valence-corrected chi connectivity index (χ4v) is 3.41. The number of nitrogens with one attached hydrogen (secondary N) is 1. The molecule has 29 heavy (non-hydrogen) atoms. The van der Waals surface area contributed by atoms with Crippen LogP contribution >= 0.6 is 0 Å². The van der Waals surface area contributed by atoms with Crippen LogP contribution in [0.4, 0.5) is 0 Å². The zero-order chi connectivity index (χ0) is 20.5. The van der Waals surface area contributed by atoms with E-state index in [1.165, 1.54) is 0 Å². The van der Waals surface area contributed by atoms with Gasteiger partial charge in [-0.25, -0.2) is 9.97 Å². The second kappa shape index (κ2) is 7.71. The van der Waals surface area contributed by atoms with Crippen LogP contribution in [0.1, 0.15) is 29.3 Å². The van der Waals surface area contributed by atoms with E-state index < -0.39 is 5.91 Å². The number of pyridine rings is 1. The van der Waals surface area contributed by atoms with E-state index in [9.17, 15) is 4.79 Å². The zero-order valence-electron chi connectivity index (χ0n) is 16.9. The van der Waals surface area contributed by atoms with E-state index in [1.54, 1.807) is 12.5 Å². The summed E-state index contributed by atoms with van der Waals surface area (Å²) in [6, 6.07) is 4.07. The number of aromatic amines is 1. The number of hydrogen-bond acceptors (Lipinski definition) is 6. The molecule has 0 fully saturated rings. The predicted molar refractivity (Wildman–Crippen MR) is 110 cm³/mol. The van der Waals surface area contributed by atoms with Gasteiger partial charge in [-0.1, -0.05) is 0 Å². The van der Waals surface area contributed by atoms with E-state index in [0.717, 1.165) is 29.5 Å². The van der Waals surface area contributed by atoms with Gasteiger partial charge >= 0.3 is 0 Å². The summed E-state index contributed by atoms with van der Waals surface area (Å²) < 4.78 is 11.7.